The lowest BCUT2D eigenvalue weighted by Gasteiger charge is -2.29. The van der Waals surface area contributed by atoms with E-state index in [0.717, 1.165) is 29.1 Å². The van der Waals surface area contributed by atoms with Gasteiger partial charge in [-0.2, -0.15) is 18.3 Å². The number of hydrogen-bond donors (Lipinski definition) is 0. The van der Waals surface area contributed by atoms with Crippen LogP contribution in [0.2, 0.25) is 5.02 Å². The summed E-state index contributed by atoms with van der Waals surface area (Å²) in [5.41, 5.74) is 2.24. The second kappa shape index (κ2) is 12.9. The zero-order chi connectivity index (χ0) is 25.5. The molecule has 0 bridgehead atoms. The largest absolute Gasteiger partial charge is 0.416 e. The number of hydrogen-bond acceptors (Lipinski definition) is 4. The number of nitrogens with zero attached hydrogens (tertiary/aromatic N) is 5. The topological polar surface area (TPSA) is 56.0 Å². The maximum Gasteiger partial charge on any atom is 0.416 e. The first-order chi connectivity index (χ1) is 16.3. The molecule has 2 aromatic heterocycles. The molecule has 1 aliphatic heterocycles. The molecule has 0 saturated carbocycles. The van der Waals surface area contributed by atoms with Crippen LogP contribution < -0.4 is 10.5 Å². The standard InChI is InChI=1S/C18H15ClF3IN5OP.2C2H6/c19-16-15(7-25-28(30-23)17(16)29)26-6-5-14-13(9-26)24-10-27(14)8-11-1-3-12(4-2-11)18(20,21)22;2*1-2/h1-4,7,10,30H,5-6,8-9H2;2*1-2H3. The Morgan fingerprint density at radius 1 is 1.15 bits per heavy atom. The summed E-state index contributed by atoms with van der Waals surface area (Å²) in [4.78, 5) is 18.7. The highest BCUT2D eigenvalue weighted by Crippen LogP contribution is 2.31. The molecule has 6 nitrogen and oxygen atoms in total. The molecule has 34 heavy (non-hydrogen) atoms. The predicted molar refractivity (Wildman–Crippen MR) is 141 cm³/mol. The predicted octanol–water partition coefficient (Wildman–Crippen LogP) is 6.57. The van der Waals surface area contributed by atoms with Crippen LogP contribution >= 0.6 is 40.0 Å². The van der Waals surface area contributed by atoms with Crippen LogP contribution in [0.4, 0.5) is 18.9 Å². The van der Waals surface area contributed by atoms with Crippen molar-refractivity contribution in [1.82, 2.24) is 19.1 Å². The van der Waals surface area contributed by atoms with Crippen LogP contribution in [0.1, 0.15) is 50.2 Å². The van der Waals surface area contributed by atoms with Gasteiger partial charge in [-0.25, -0.2) is 9.44 Å². The van der Waals surface area contributed by atoms with Gasteiger partial charge in [0.15, 0.2) is 0 Å². The van der Waals surface area contributed by atoms with Crippen molar-refractivity contribution in [3.8, 4) is 0 Å². The third-order valence-corrected chi connectivity index (χ3v) is 7.15. The van der Waals surface area contributed by atoms with E-state index in [1.165, 1.54) is 16.6 Å². The second-order valence-electron chi connectivity index (χ2n) is 6.78. The Morgan fingerprint density at radius 2 is 1.79 bits per heavy atom. The summed E-state index contributed by atoms with van der Waals surface area (Å²) < 4.78 is 41.5. The van der Waals surface area contributed by atoms with E-state index < -0.39 is 11.7 Å². The monoisotopic (exact) mass is 627 g/mol. The van der Waals surface area contributed by atoms with E-state index >= 15 is 0 Å². The maximum absolute atomic E-state index is 12.7. The molecule has 186 valence electrons. The summed E-state index contributed by atoms with van der Waals surface area (Å²) in [6.45, 7) is 9.55. The summed E-state index contributed by atoms with van der Waals surface area (Å²) in [5, 5.41) is 4.29. The minimum atomic E-state index is -4.34. The highest BCUT2D eigenvalue weighted by Gasteiger charge is 2.30. The number of alkyl halides is 3. The molecule has 4 rings (SSSR count). The number of benzene rings is 1. The van der Waals surface area contributed by atoms with Crippen molar-refractivity contribution in [2.45, 2.75) is 53.4 Å². The Kier molecular flexibility index (Phi) is 10.8. The van der Waals surface area contributed by atoms with Gasteiger partial charge in [-0.05, 0) is 39.7 Å². The van der Waals surface area contributed by atoms with Crippen LogP contribution in [-0.2, 0) is 25.7 Å². The maximum atomic E-state index is 12.7. The first kappa shape index (κ1) is 28.6. The molecule has 0 N–H and O–H groups in total. The van der Waals surface area contributed by atoms with Crippen LogP contribution in [-0.4, -0.2) is 25.6 Å². The molecule has 3 heterocycles. The van der Waals surface area contributed by atoms with Gasteiger partial charge < -0.3 is 9.47 Å². The van der Waals surface area contributed by atoms with Crippen molar-refractivity contribution >= 4 is 45.7 Å². The van der Waals surface area contributed by atoms with Crippen molar-refractivity contribution in [2.24, 2.45) is 0 Å². The Hall–Kier alpha value is -1.65. The van der Waals surface area contributed by atoms with Crippen LogP contribution in [0.25, 0.3) is 0 Å². The van der Waals surface area contributed by atoms with Crippen LogP contribution in [0.3, 0.4) is 0 Å². The Labute approximate surface area is 216 Å². The van der Waals surface area contributed by atoms with E-state index in [4.69, 9.17) is 11.6 Å². The van der Waals surface area contributed by atoms with Gasteiger partial charge in [-0.3, -0.25) is 4.79 Å². The normalized spacial score (nSPS) is 13.1. The highest BCUT2D eigenvalue weighted by molar-refractivity contribution is 14.2. The molecule has 1 unspecified atom stereocenters. The molecule has 0 aliphatic carbocycles. The number of anilines is 1. The van der Waals surface area contributed by atoms with Crippen LogP contribution in [0.5, 0.6) is 0 Å². The lowest BCUT2D eigenvalue weighted by atomic mass is 10.1. The van der Waals surface area contributed by atoms with Gasteiger partial charge in [0.1, 0.15) is 5.02 Å². The molecule has 3 aromatic rings. The van der Waals surface area contributed by atoms with Crippen molar-refractivity contribution in [2.75, 3.05) is 11.4 Å². The molecule has 1 aliphatic rings. The summed E-state index contributed by atoms with van der Waals surface area (Å²) in [6, 6.07) is 5.15. The first-order valence-electron chi connectivity index (χ1n) is 10.9. The van der Waals surface area contributed by atoms with E-state index in [-0.39, 0.29) is 17.0 Å². The Bertz CT molecular complexity index is 1140. The second-order valence-corrected chi connectivity index (χ2v) is 9.20. The number of fused-ring (bicyclic) bond motifs is 1. The van der Waals surface area contributed by atoms with Crippen molar-refractivity contribution in [1.29, 1.82) is 0 Å². The van der Waals surface area contributed by atoms with Gasteiger partial charge in [0, 0.05) is 25.2 Å². The first-order valence-corrected chi connectivity index (χ1v) is 15.3. The molecule has 0 amide bonds. The van der Waals surface area contributed by atoms with Crippen molar-refractivity contribution in [3.05, 3.63) is 74.7 Å². The summed E-state index contributed by atoms with van der Waals surface area (Å²) in [5.74, 6) is 0. The van der Waals surface area contributed by atoms with E-state index in [1.807, 2.05) is 37.2 Å². The molecule has 0 saturated heterocycles. The van der Waals surface area contributed by atoms with E-state index in [1.54, 1.807) is 12.5 Å². The van der Waals surface area contributed by atoms with Gasteiger partial charge in [0.05, 0.1) is 42.4 Å². The molecule has 0 spiro atoms. The quantitative estimate of drug-likeness (QED) is 0.243. The Balaban J connectivity index is 0.000000970. The van der Waals surface area contributed by atoms with Gasteiger partial charge in [-0.15, -0.1) is 0 Å². The molecular formula is C22H27ClF3IN5OP. The van der Waals surface area contributed by atoms with Crippen molar-refractivity contribution in [3.63, 3.8) is 0 Å². The smallest absolute Gasteiger partial charge is 0.362 e. The SMILES string of the molecule is CC.CC.O=c1c(Cl)c(N2CCc3c(ncn3Cc3ccc(C(F)(F)F)cc3)C2)cnn1PI. The minimum absolute atomic E-state index is 0.141. The van der Waals surface area contributed by atoms with Gasteiger partial charge >= 0.3 is 6.18 Å². The van der Waals surface area contributed by atoms with Gasteiger partial charge in [0.25, 0.3) is 5.56 Å². The summed E-state index contributed by atoms with van der Waals surface area (Å²) in [7, 11) is 0. The average Bonchev–Trinajstić information content (AvgIpc) is 3.25. The third-order valence-electron chi connectivity index (χ3n) is 4.95. The van der Waals surface area contributed by atoms with Gasteiger partial charge in [0.2, 0.25) is 0 Å². The number of rotatable bonds is 4. The Morgan fingerprint density at radius 3 is 2.38 bits per heavy atom. The molecular weight excluding hydrogens is 601 g/mol. The van der Waals surface area contributed by atoms with E-state index in [2.05, 4.69) is 32.1 Å². The summed E-state index contributed by atoms with van der Waals surface area (Å²) in [6.07, 6.45) is -0.213. The van der Waals surface area contributed by atoms with Crippen molar-refractivity contribution < 1.29 is 13.2 Å². The fraction of sp³-hybridized carbons (Fsp3) is 0.409. The van der Waals surface area contributed by atoms with Crippen LogP contribution in [0, 0.1) is 0 Å². The molecule has 0 radical (unpaired) electrons. The number of halogens is 5. The minimum Gasteiger partial charge on any atom is -0.362 e. The molecule has 1 atom stereocenters. The molecule has 1 aromatic carbocycles. The van der Waals surface area contributed by atoms with E-state index in [0.29, 0.717) is 31.7 Å². The fourth-order valence-electron chi connectivity index (χ4n) is 3.41. The average molecular weight is 628 g/mol. The van der Waals surface area contributed by atoms with Gasteiger partial charge in [-0.1, -0.05) is 51.4 Å². The molecule has 0 fully saturated rings. The highest BCUT2D eigenvalue weighted by atomic mass is 127. The van der Waals surface area contributed by atoms with Crippen LogP contribution in [0.15, 0.2) is 41.6 Å². The van der Waals surface area contributed by atoms with E-state index in [9.17, 15) is 18.0 Å². The summed E-state index contributed by atoms with van der Waals surface area (Å²) >= 11 is 8.34. The third kappa shape index (κ3) is 6.51. The number of aromatic nitrogens is 4. The fourth-order valence-corrected chi connectivity index (χ4v) is 5.05. The zero-order valence-electron chi connectivity index (χ0n) is 19.3. The zero-order valence-corrected chi connectivity index (χ0v) is 23.2. The number of imidazole rings is 1. The lowest BCUT2D eigenvalue weighted by Crippen LogP contribution is -2.33. The molecule has 12 heteroatoms. The lowest BCUT2D eigenvalue weighted by molar-refractivity contribution is -0.137.